The molecule has 1 rings (SSSR count). The van der Waals surface area contributed by atoms with E-state index in [1.54, 1.807) is 0 Å². The largest absolute Gasteiger partial charge is 0.315 e. The van der Waals surface area contributed by atoms with Crippen molar-refractivity contribution in [3.05, 3.63) is 16.1 Å². The molecule has 0 radical (unpaired) electrons. The van der Waals surface area contributed by atoms with Crippen LogP contribution < -0.4 is 5.32 Å². The zero-order valence-corrected chi connectivity index (χ0v) is 12.2. The molecule has 0 spiro atoms. The Bertz CT molecular complexity index is 438. The Kier molecular flexibility index (Phi) is 5.55. The van der Waals surface area contributed by atoms with Gasteiger partial charge in [0.15, 0.2) is 9.84 Å². The molecule has 0 unspecified atom stereocenters. The second-order valence-corrected chi connectivity index (χ2v) is 7.60. The van der Waals surface area contributed by atoms with Crippen molar-refractivity contribution in [2.45, 2.75) is 38.5 Å². The van der Waals surface area contributed by atoms with E-state index < -0.39 is 9.84 Å². The highest BCUT2D eigenvalue weighted by Gasteiger charge is 2.08. The molecule has 0 bridgehead atoms. The van der Waals surface area contributed by atoms with E-state index in [0.29, 0.717) is 11.0 Å². The summed E-state index contributed by atoms with van der Waals surface area (Å²) in [6, 6.07) is 0.506. The van der Waals surface area contributed by atoms with E-state index in [-0.39, 0.29) is 5.75 Å². The zero-order chi connectivity index (χ0) is 12.9. The smallest absolute Gasteiger partial charge is 0.153 e. The second kappa shape index (κ2) is 6.47. The highest BCUT2D eigenvalue weighted by atomic mass is 32.2. The van der Waals surface area contributed by atoms with Crippen LogP contribution in [0.15, 0.2) is 5.38 Å². The van der Waals surface area contributed by atoms with Crippen molar-refractivity contribution >= 4 is 21.2 Å². The minimum Gasteiger partial charge on any atom is -0.315 e. The Labute approximate surface area is 107 Å². The maximum Gasteiger partial charge on any atom is 0.153 e. The average molecular weight is 276 g/mol. The molecule has 0 atom stereocenters. The number of hydrogen-bond donors (Lipinski definition) is 1. The molecule has 98 valence electrons. The van der Waals surface area contributed by atoms with E-state index in [2.05, 4.69) is 24.1 Å². The lowest BCUT2D eigenvalue weighted by molar-refractivity contribution is 0.568. The Hall–Kier alpha value is -0.460. The van der Waals surface area contributed by atoms with Crippen LogP contribution in [0.25, 0.3) is 0 Å². The number of sulfone groups is 1. The van der Waals surface area contributed by atoms with E-state index in [9.17, 15) is 8.42 Å². The van der Waals surface area contributed by atoms with Crippen LogP contribution in [0.3, 0.4) is 0 Å². The average Bonchev–Trinajstić information content (AvgIpc) is 2.57. The molecule has 0 aromatic carbocycles. The number of nitrogens with one attached hydrogen (secondary N) is 1. The number of aromatic nitrogens is 1. The van der Waals surface area contributed by atoms with Crippen molar-refractivity contribution in [1.82, 2.24) is 10.3 Å². The Balaban J connectivity index is 2.36. The van der Waals surface area contributed by atoms with Gasteiger partial charge in [-0.2, -0.15) is 0 Å². The lowest BCUT2D eigenvalue weighted by atomic mass is 10.2. The summed E-state index contributed by atoms with van der Waals surface area (Å²) in [5, 5.41) is 5.99. The molecule has 1 aromatic rings. The van der Waals surface area contributed by atoms with Gasteiger partial charge < -0.3 is 5.32 Å². The van der Waals surface area contributed by atoms with Crippen LogP contribution in [-0.2, 0) is 22.0 Å². The minimum atomic E-state index is -2.96. The SMILES string of the molecule is CC(C)NCCCc1csc(CS(C)(=O)=O)n1. The van der Waals surface area contributed by atoms with Gasteiger partial charge in [-0.3, -0.25) is 0 Å². The summed E-state index contributed by atoms with van der Waals surface area (Å²) in [5.41, 5.74) is 0.999. The number of aryl methyl sites for hydroxylation is 1. The third kappa shape index (κ3) is 6.75. The fourth-order valence-electron chi connectivity index (χ4n) is 1.41. The first kappa shape index (κ1) is 14.6. The van der Waals surface area contributed by atoms with Crippen LogP contribution in [0.2, 0.25) is 0 Å². The number of rotatable bonds is 7. The van der Waals surface area contributed by atoms with Crippen molar-refractivity contribution in [3.63, 3.8) is 0 Å². The van der Waals surface area contributed by atoms with Crippen molar-refractivity contribution in [2.24, 2.45) is 0 Å². The summed E-state index contributed by atoms with van der Waals surface area (Å²) in [7, 11) is -2.96. The van der Waals surface area contributed by atoms with E-state index in [4.69, 9.17) is 0 Å². The van der Waals surface area contributed by atoms with Crippen LogP contribution >= 0.6 is 11.3 Å². The summed E-state index contributed by atoms with van der Waals surface area (Å²) in [6.45, 7) is 5.21. The molecule has 1 N–H and O–H groups in total. The molecular weight excluding hydrogens is 256 g/mol. The lowest BCUT2D eigenvalue weighted by Gasteiger charge is -2.06. The summed E-state index contributed by atoms with van der Waals surface area (Å²) in [4.78, 5) is 4.32. The standard InChI is InChI=1S/C11H20N2O2S2/c1-9(2)12-6-4-5-10-7-16-11(13-10)8-17(3,14)15/h7,9,12H,4-6,8H2,1-3H3. The first-order valence-corrected chi connectivity index (χ1v) is 8.65. The van der Waals surface area contributed by atoms with Gasteiger partial charge in [-0.15, -0.1) is 11.3 Å². The summed E-state index contributed by atoms with van der Waals surface area (Å²) in [6.07, 6.45) is 3.17. The molecule has 0 saturated heterocycles. The summed E-state index contributed by atoms with van der Waals surface area (Å²) >= 11 is 1.43. The predicted octanol–water partition coefficient (Wildman–Crippen LogP) is 1.62. The van der Waals surface area contributed by atoms with Gasteiger partial charge in [0, 0.05) is 17.7 Å². The van der Waals surface area contributed by atoms with Gasteiger partial charge in [0.05, 0.1) is 5.69 Å². The van der Waals surface area contributed by atoms with Crippen molar-refractivity contribution in [2.75, 3.05) is 12.8 Å². The minimum absolute atomic E-state index is 0.0575. The molecule has 0 saturated carbocycles. The van der Waals surface area contributed by atoms with Crippen molar-refractivity contribution in [1.29, 1.82) is 0 Å². The Morgan fingerprint density at radius 1 is 1.47 bits per heavy atom. The fourth-order valence-corrected chi connectivity index (χ4v) is 3.45. The Morgan fingerprint density at radius 3 is 2.76 bits per heavy atom. The fraction of sp³-hybridized carbons (Fsp3) is 0.727. The first-order chi connectivity index (χ1) is 7.87. The van der Waals surface area contributed by atoms with Crippen molar-refractivity contribution < 1.29 is 8.42 Å². The molecule has 4 nitrogen and oxygen atoms in total. The molecule has 17 heavy (non-hydrogen) atoms. The van der Waals surface area contributed by atoms with Gasteiger partial charge in [-0.1, -0.05) is 13.8 Å². The van der Waals surface area contributed by atoms with Crippen molar-refractivity contribution in [3.8, 4) is 0 Å². The molecular formula is C11H20N2O2S2. The quantitative estimate of drug-likeness (QED) is 0.769. The monoisotopic (exact) mass is 276 g/mol. The molecule has 1 heterocycles. The van der Waals surface area contributed by atoms with E-state index in [1.165, 1.54) is 17.6 Å². The number of hydrogen-bond acceptors (Lipinski definition) is 5. The van der Waals surface area contributed by atoms with E-state index in [1.807, 2.05) is 5.38 Å². The third-order valence-corrected chi connectivity index (χ3v) is 4.03. The molecule has 0 aliphatic rings. The van der Waals surface area contributed by atoms with E-state index >= 15 is 0 Å². The molecule has 1 aromatic heterocycles. The van der Waals surface area contributed by atoms with Crippen LogP contribution in [0.1, 0.15) is 31.0 Å². The number of nitrogens with zero attached hydrogens (tertiary/aromatic N) is 1. The van der Waals surface area contributed by atoms with Crippen LogP contribution in [0.4, 0.5) is 0 Å². The Morgan fingerprint density at radius 2 is 2.18 bits per heavy atom. The molecule has 0 amide bonds. The molecule has 0 aliphatic heterocycles. The van der Waals surface area contributed by atoms with Gasteiger partial charge in [-0.25, -0.2) is 13.4 Å². The molecule has 0 aliphatic carbocycles. The highest BCUT2D eigenvalue weighted by Crippen LogP contribution is 2.13. The van der Waals surface area contributed by atoms with Gasteiger partial charge in [0.2, 0.25) is 0 Å². The molecule has 6 heteroatoms. The second-order valence-electron chi connectivity index (χ2n) is 4.52. The maximum atomic E-state index is 11.1. The predicted molar refractivity (Wildman–Crippen MR) is 72.1 cm³/mol. The van der Waals surface area contributed by atoms with Gasteiger partial charge in [-0.05, 0) is 19.4 Å². The lowest BCUT2D eigenvalue weighted by Crippen LogP contribution is -2.23. The van der Waals surface area contributed by atoms with Gasteiger partial charge in [0.1, 0.15) is 10.8 Å². The normalized spacial score (nSPS) is 12.2. The summed E-state index contributed by atoms with van der Waals surface area (Å²) < 4.78 is 22.2. The maximum absolute atomic E-state index is 11.1. The van der Waals surface area contributed by atoms with Crippen LogP contribution in [-0.4, -0.2) is 32.2 Å². The van der Waals surface area contributed by atoms with Gasteiger partial charge >= 0.3 is 0 Å². The van der Waals surface area contributed by atoms with Crippen LogP contribution in [0, 0.1) is 0 Å². The number of thiazole rings is 1. The molecule has 0 fully saturated rings. The highest BCUT2D eigenvalue weighted by molar-refractivity contribution is 7.90. The zero-order valence-electron chi connectivity index (χ0n) is 10.6. The topological polar surface area (TPSA) is 59.1 Å². The first-order valence-electron chi connectivity index (χ1n) is 5.71. The van der Waals surface area contributed by atoms with E-state index in [0.717, 1.165) is 25.1 Å². The van der Waals surface area contributed by atoms with Crippen LogP contribution in [0.5, 0.6) is 0 Å². The third-order valence-electron chi connectivity index (χ3n) is 2.15. The van der Waals surface area contributed by atoms with Gasteiger partial charge in [0.25, 0.3) is 0 Å². The summed E-state index contributed by atoms with van der Waals surface area (Å²) in [5.74, 6) is 0.0575.